The number of rotatable bonds is 5. The number of ether oxygens (including phenoxy) is 2. The summed E-state index contributed by atoms with van der Waals surface area (Å²) in [4.78, 5) is 17.4. The molecule has 11 nitrogen and oxygen atoms in total. The van der Waals surface area contributed by atoms with Crippen LogP contribution in [0.4, 0.5) is 22.7 Å². The van der Waals surface area contributed by atoms with E-state index in [-0.39, 0.29) is 0 Å². The fraction of sp³-hybridized carbons (Fsp3) is 0.0118. The summed E-state index contributed by atoms with van der Waals surface area (Å²) in [6.45, 7) is 8.01. The molecule has 6 aromatic heterocycles. The molecule has 18 aromatic rings. The first kappa shape index (κ1) is 52.2. The third kappa shape index (κ3) is 6.96. The van der Waals surface area contributed by atoms with E-state index in [1.54, 1.807) is 0 Å². The van der Waals surface area contributed by atoms with E-state index in [2.05, 4.69) is 259 Å². The van der Waals surface area contributed by atoms with E-state index in [0.29, 0.717) is 22.7 Å². The molecular weight excluding hydrogens is 1180 g/mol. The third-order valence-corrected chi connectivity index (χ3v) is 20.3. The first-order valence-corrected chi connectivity index (χ1v) is 32.0. The number of para-hydroxylation sites is 9. The molecule has 0 N–H and O–H groups in total. The van der Waals surface area contributed by atoms with Crippen molar-refractivity contribution in [3.63, 3.8) is 0 Å². The molecule has 12 aromatic carbocycles. The Morgan fingerprint density at radius 1 is 0.333 bits per heavy atom. The van der Waals surface area contributed by atoms with Gasteiger partial charge in [-0.15, -0.1) is 0 Å². The summed E-state index contributed by atoms with van der Waals surface area (Å²) in [6.07, 6.45) is 3.99. The summed E-state index contributed by atoms with van der Waals surface area (Å²) >= 11 is 0. The number of aromatic nitrogens is 6. The monoisotopic (exact) mass is 1230 g/mol. The van der Waals surface area contributed by atoms with Gasteiger partial charge in [-0.3, -0.25) is 9.97 Å². The van der Waals surface area contributed by atoms with Crippen LogP contribution in [-0.4, -0.2) is 28.2 Å². The van der Waals surface area contributed by atoms with Crippen LogP contribution >= 0.6 is 0 Å². The smallest absolute Gasteiger partial charge is 0.188 e. The SMILES string of the molecule is [C-]#[N+]c1ccc2c(c1)c1ccccc1n2-c1ccc2c(c1)Oc1cc(-n3c4ccccc4c4cc(N5c6ccccc6Oc6ccccc65)ccc43)ccc1C21c2cc(-n3c4ccccc4c4ccccc43)cnc2-c2ncc(-n3c4ccccc4c4cc(C#N)ccc43)cc21. The zero-order chi connectivity index (χ0) is 63.1. The van der Waals surface area contributed by atoms with Crippen molar-refractivity contribution in [2.45, 2.75) is 5.41 Å². The average molecular weight is 1230 g/mol. The molecule has 444 valence electrons. The zero-order valence-electron chi connectivity index (χ0n) is 51.0. The highest BCUT2D eigenvalue weighted by Crippen LogP contribution is 2.63. The minimum absolute atomic E-state index is 0.583. The lowest BCUT2D eigenvalue weighted by Gasteiger charge is -2.39. The van der Waals surface area contributed by atoms with Gasteiger partial charge in [0.25, 0.3) is 0 Å². The second-order valence-corrected chi connectivity index (χ2v) is 25.1. The summed E-state index contributed by atoms with van der Waals surface area (Å²) in [5.74, 6) is 2.94. The summed E-state index contributed by atoms with van der Waals surface area (Å²) < 4.78 is 23.5. The molecule has 0 radical (unpaired) electrons. The Labute approximate surface area is 548 Å². The van der Waals surface area contributed by atoms with E-state index >= 15 is 0 Å². The lowest BCUT2D eigenvalue weighted by molar-refractivity contribution is 0.436. The van der Waals surface area contributed by atoms with Gasteiger partial charge in [-0.05, 0) is 133 Å². The maximum absolute atomic E-state index is 10.2. The van der Waals surface area contributed by atoms with Crippen molar-refractivity contribution >= 4 is 110 Å². The van der Waals surface area contributed by atoms with E-state index in [1.807, 2.05) is 60.9 Å². The Bertz CT molecular complexity index is 6510. The number of fused-ring (bicyclic) bond motifs is 23. The molecule has 0 amide bonds. The molecule has 1 unspecified atom stereocenters. The standard InChI is InChI=1S/C85H47N9O2/c1-87-51-31-38-75-63(41-51)60-19-5-9-23-71(60)90(75)53-32-35-65-81(45-53)96-82-46-54(91-72-24-10-6-20-61(72)64-42-52(34-39-76(64)91)92-77-26-12-14-28-79(77)95-80-29-15-13-27-78(80)92)33-36-66(82)85(65)67-43-55(93-69-21-7-2-16-57(69)58-17-3-8-22-70(58)93)48-88-83(67)84-68(85)44-56(49-89-84)94-73-25-11-4-18-59(73)62-40-50(47-86)30-37-74(62)94/h2-46,48-49H. The van der Waals surface area contributed by atoms with Crippen molar-refractivity contribution in [3.05, 3.63) is 325 Å². The van der Waals surface area contributed by atoms with Crippen LogP contribution in [0.5, 0.6) is 23.0 Å². The molecule has 1 atom stereocenters. The fourth-order valence-electron chi connectivity index (χ4n) is 16.4. The fourth-order valence-corrected chi connectivity index (χ4v) is 16.4. The number of anilines is 3. The van der Waals surface area contributed by atoms with Crippen LogP contribution in [0.15, 0.2) is 285 Å². The highest BCUT2D eigenvalue weighted by Gasteiger charge is 2.53. The Hall–Kier alpha value is -13.5. The molecule has 3 aliphatic rings. The first-order chi connectivity index (χ1) is 47.5. The van der Waals surface area contributed by atoms with Gasteiger partial charge >= 0.3 is 0 Å². The van der Waals surface area contributed by atoms with Crippen LogP contribution in [0, 0.1) is 17.9 Å². The van der Waals surface area contributed by atoms with Gasteiger partial charge < -0.3 is 32.6 Å². The zero-order valence-corrected chi connectivity index (χ0v) is 51.0. The Kier molecular flexibility index (Phi) is 10.5. The number of nitriles is 1. The normalized spacial score (nSPS) is 14.2. The van der Waals surface area contributed by atoms with E-state index < -0.39 is 5.41 Å². The second kappa shape index (κ2) is 19.3. The van der Waals surface area contributed by atoms with E-state index in [0.717, 1.165) is 172 Å². The minimum Gasteiger partial charge on any atom is -0.457 e. The topological polar surface area (TPSA) is 95.3 Å². The van der Waals surface area contributed by atoms with Crippen LogP contribution in [0.1, 0.15) is 27.8 Å². The van der Waals surface area contributed by atoms with Crippen LogP contribution in [0.2, 0.25) is 0 Å². The molecular formula is C85H47N9O2. The van der Waals surface area contributed by atoms with Crippen LogP contribution < -0.4 is 14.4 Å². The number of hydrogen-bond acceptors (Lipinski definition) is 6. The van der Waals surface area contributed by atoms with Crippen molar-refractivity contribution in [1.29, 1.82) is 5.26 Å². The van der Waals surface area contributed by atoms with Gasteiger partial charge in [0.05, 0.1) is 114 Å². The lowest BCUT2D eigenvalue weighted by Crippen LogP contribution is -2.32. The van der Waals surface area contributed by atoms with Crippen molar-refractivity contribution in [2.75, 3.05) is 4.90 Å². The summed E-state index contributed by atoms with van der Waals surface area (Å²) in [5.41, 5.74) is 20.1. The molecule has 1 aliphatic carbocycles. The summed E-state index contributed by atoms with van der Waals surface area (Å²) in [7, 11) is 0. The van der Waals surface area contributed by atoms with E-state index in [9.17, 15) is 5.26 Å². The van der Waals surface area contributed by atoms with Crippen molar-refractivity contribution in [2.24, 2.45) is 0 Å². The molecule has 8 heterocycles. The van der Waals surface area contributed by atoms with Gasteiger partial charge in [-0.25, -0.2) is 4.85 Å². The highest BCUT2D eigenvalue weighted by molar-refractivity contribution is 6.14. The van der Waals surface area contributed by atoms with Gasteiger partial charge in [-0.2, -0.15) is 5.26 Å². The second-order valence-electron chi connectivity index (χ2n) is 25.1. The molecule has 96 heavy (non-hydrogen) atoms. The van der Waals surface area contributed by atoms with Gasteiger partial charge in [0, 0.05) is 89.2 Å². The maximum Gasteiger partial charge on any atom is 0.188 e. The summed E-state index contributed by atoms with van der Waals surface area (Å²) in [6, 6.07) is 98.3. The van der Waals surface area contributed by atoms with Crippen LogP contribution in [0.25, 0.3) is 126 Å². The van der Waals surface area contributed by atoms with Gasteiger partial charge in [0.2, 0.25) is 0 Å². The Morgan fingerprint density at radius 2 is 0.719 bits per heavy atom. The predicted octanol–water partition coefficient (Wildman–Crippen LogP) is 21.3. The maximum atomic E-state index is 10.2. The quantitative estimate of drug-likeness (QED) is 0.159. The molecule has 1 spiro atoms. The van der Waals surface area contributed by atoms with Gasteiger partial charge in [0.1, 0.15) is 11.5 Å². The lowest BCUT2D eigenvalue weighted by atomic mass is 9.66. The van der Waals surface area contributed by atoms with Crippen molar-refractivity contribution in [3.8, 4) is 63.2 Å². The number of benzene rings is 12. The van der Waals surface area contributed by atoms with E-state index in [4.69, 9.17) is 26.0 Å². The molecule has 0 saturated heterocycles. The number of pyridine rings is 2. The number of hydrogen-bond donors (Lipinski definition) is 0. The molecule has 2 aliphatic heterocycles. The van der Waals surface area contributed by atoms with Crippen molar-refractivity contribution < 1.29 is 9.47 Å². The van der Waals surface area contributed by atoms with Gasteiger partial charge in [-0.1, -0.05) is 133 Å². The Morgan fingerprint density at radius 3 is 1.21 bits per heavy atom. The average Bonchev–Trinajstić information content (AvgIpc) is 1.41. The summed E-state index contributed by atoms with van der Waals surface area (Å²) in [5, 5.41) is 18.8. The van der Waals surface area contributed by atoms with E-state index in [1.165, 1.54) is 0 Å². The third-order valence-electron chi connectivity index (χ3n) is 20.3. The molecule has 0 fully saturated rings. The van der Waals surface area contributed by atoms with Crippen LogP contribution in [0.3, 0.4) is 0 Å². The number of nitrogens with zero attached hydrogens (tertiary/aromatic N) is 9. The first-order valence-electron chi connectivity index (χ1n) is 32.0. The molecule has 0 saturated carbocycles. The van der Waals surface area contributed by atoms with Crippen molar-refractivity contribution in [1.82, 2.24) is 28.2 Å². The Balaban J connectivity index is 0.848. The predicted molar refractivity (Wildman–Crippen MR) is 383 cm³/mol. The molecule has 0 bridgehead atoms. The van der Waals surface area contributed by atoms with Crippen LogP contribution in [-0.2, 0) is 5.41 Å². The minimum atomic E-state index is -1.10. The largest absolute Gasteiger partial charge is 0.457 e. The molecule has 11 heteroatoms. The molecule has 21 rings (SSSR count). The van der Waals surface area contributed by atoms with Gasteiger partial charge in [0.15, 0.2) is 17.2 Å². The highest BCUT2D eigenvalue weighted by atomic mass is 16.5.